The molecule has 2 amide bonds. The highest BCUT2D eigenvalue weighted by atomic mass is 32.2. The minimum Gasteiger partial charge on any atom is -0.332 e. The van der Waals surface area contributed by atoms with Crippen LogP contribution in [0.4, 0.5) is 16.2 Å². The van der Waals surface area contributed by atoms with Crippen molar-refractivity contribution in [3.8, 4) is 0 Å². The number of sulfone groups is 1. The lowest BCUT2D eigenvalue weighted by molar-refractivity contribution is -0.384. The van der Waals surface area contributed by atoms with Crippen molar-refractivity contribution in [2.24, 2.45) is 0 Å². The molecule has 0 unspecified atom stereocenters. The van der Waals surface area contributed by atoms with E-state index in [2.05, 4.69) is 5.32 Å². The molecule has 3 rings (SSSR count). The molecule has 2 heterocycles. The normalized spacial score (nSPS) is 27.2. The molecule has 1 aromatic carbocycles. The molecule has 0 radical (unpaired) electrons. The number of nitrogens with one attached hydrogen (secondary N) is 1. The van der Waals surface area contributed by atoms with Crippen LogP contribution in [0.1, 0.15) is 0 Å². The van der Waals surface area contributed by atoms with E-state index in [4.69, 9.17) is 0 Å². The third-order valence-corrected chi connectivity index (χ3v) is 5.22. The maximum absolute atomic E-state index is 11.9. The lowest BCUT2D eigenvalue weighted by atomic mass is 10.1. The Kier molecular flexibility index (Phi) is 2.68. The first-order chi connectivity index (χ1) is 9.37. The molecule has 20 heavy (non-hydrogen) atoms. The van der Waals surface area contributed by atoms with Crippen LogP contribution in [0.2, 0.25) is 0 Å². The van der Waals surface area contributed by atoms with Gasteiger partial charge >= 0.3 is 6.03 Å². The summed E-state index contributed by atoms with van der Waals surface area (Å²) in [5, 5.41) is 13.4. The van der Waals surface area contributed by atoms with E-state index in [9.17, 15) is 23.3 Å². The Morgan fingerprint density at radius 3 is 2.80 bits per heavy atom. The van der Waals surface area contributed by atoms with Crippen LogP contribution < -0.4 is 10.2 Å². The minimum atomic E-state index is -3.19. The quantitative estimate of drug-likeness (QED) is 0.479. The van der Waals surface area contributed by atoms with Gasteiger partial charge in [-0.25, -0.2) is 13.2 Å². The van der Waals surface area contributed by atoms with Gasteiger partial charge in [-0.2, -0.15) is 0 Å². The summed E-state index contributed by atoms with van der Waals surface area (Å²) in [5.74, 6) is -0.214. The Morgan fingerprint density at radius 1 is 1.35 bits per heavy atom. The second-order valence-electron chi connectivity index (χ2n) is 4.85. The topological polar surface area (TPSA) is 110 Å². The molecule has 2 aliphatic heterocycles. The van der Waals surface area contributed by atoms with Gasteiger partial charge in [-0.1, -0.05) is 6.07 Å². The monoisotopic (exact) mass is 297 g/mol. The number of nitrogens with zero attached hydrogens (tertiary/aromatic N) is 2. The zero-order chi connectivity index (χ0) is 14.5. The van der Waals surface area contributed by atoms with Gasteiger partial charge in [0, 0.05) is 12.1 Å². The first-order valence-electron chi connectivity index (χ1n) is 5.92. The van der Waals surface area contributed by atoms with Gasteiger partial charge in [0.15, 0.2) is 9.84 Å². The first-order valence-corrected chi connectivity index (χ1v) is 7.74. The molecule has 2 saturated heterocycles. The second-order valence-corrected chi connectivity index (χ2v) is 7.00. The van der Waals surface area contributed by atoms with Crippen LogP contribution in [0.3, 0.4) is 0 Å². The Balaban J connectivity index is 1.99. The van der Waals surface area contributed by atoms with E-state index in [1.54, 1.807) is 6.07 Å². The first kappa shape index (κ1) is 12.9. The van der Waals surface area contributed by atoms with Crippen LogP contribution in [0.25, 0.3) is 0 Å². The van der Waals surface area contributed by atoms with E-state index < -0.39 is 32.9 Å². The van der Waals surface area contributed by atoms with Gasteiger partial charge in [-0.3, -0.25) is 15.0 Å². The van der Waals surface area contributed by atoms with Crippen LogP contribution in [-0.2, 0) is 9.84 Å². The van der Waals surface area contributed by atoms with Gasteiger partial charge in [0.1, 0.15) is 0 Å². The summed E-state index contributed by atoms with van der Waals surface area (Å²) < 4.78 is 23.2. The second kappa shape index (κ2) is 4.17. The summed E-state index contributed by atoms with van der Waals surface area (Å²) in [6, 6.07) is 4.24. The van der Waals surface area contributed by atoms with Gasteiger partial charge in [0.25, 0.3) is 5.69 Å². The summed E-state index contributed by atoms with van der Waals surface area (Å²) in [6.07, 6.45) is 0. The number of carbonyl (C=O) groups is 1. The molecule has 0 spiro atoms. The number of benzene rings is 1. The third-order valence-electron chi connectivity index (χ3n) is 3.50. The van der Waals surface area contributed by atoms with Crippen molar-refractivity contribution in [2.45, 2.75) is 12.1 Å². The maximum atomic E-state index is 11.9. The fraction of sp³-hybridized carbons (Fsp3) is 0.364. The molecular formula is C11H11N3O5S. The number of nitro groups is 1. The summed E-state index contributed by atoms with van der Waals surface area (Å²) in [6.45, 7) is 0. The smallest absolute Gasteiger partial charge is 0.322 e. The number of carbonyl (C=O) groups excluding carboxylic acids is 1. The number of hydrogen-bond donors (Lipinski definition) is 1. The summed E-state index contributed by atoms with van der Waals surface area (Å²) >= 11 is 0. The Bertz CT molecular complexity index is 702. The number of nitro benzene ring substituents is 1. The molecule has 1 aromatic rings. The summed E-state index contributed by atoms with van der Waals surface area (Å²) in [7, 11) is -3.19. The van der Waals surface area contributed by atoms with E-state index in [-0.39, 0.29) is 17.2 Å². The largest absolute Gasteiger partial charge is 0.332 e. The van der Waals surface area contributed by atoms with Gasteiger partial charge in [-0.15, -0.1) is 0 Å². The minimum absolute atomic E-state index is 0.0885. The lowest BCUT2D eigenvalue weighted by Gasteiger charge is -2.20. The molecule has 8 nitrogen and oxygen atoms in total. The van der Waals surface area contributed by atoms with E-state index in [0.29, 0.717) is 5.69 Å². The number of fused-ring (bicyclic) bond motifs is 1. The van der Waals surface area contributed by atoms with Gasteiger partial charge in [-0.05, 0) is 6.07 Å². The average Bonchev–Trinajstić information content (AvgIpc) is 2.79. The van der Waals surface area contributed by atoms with Crippen molar-refractivity contribution >= 4 is 27.2 Å². The van der Waals surface area contributed by atoms with Crippen molar-refractivity contribution in [1.82, 2.24) is 5.32 Å². The molecule has 0 saturated carbocycles. The number of amides is 2. The number of anilines is 1. The van der Waals surface area contributed by atoms with Crippen LogP contribution >= 0.6 is 0 Å². The Hall–Kier alpha value is -2.16. The molecule has 2 atom stereocenters. The summed E-state index contributed by atoms with van der Waals surface area (Å²) in [4.78, 5) is 23.4. The Morgan fingerprint density at radius 2 is 2.10 bits per heavy atom. The van der Waals surface area contributed by atoms with Crippen molar-refractivity contribution in [3.05, 3.63) is 34.4 Å². The fourth-order valence-electron chi connectivity index (χ4n) is 2.67. The van der Waals surface area contributed by atoms with Crippen LogP contribution in [-0.4, -0.2) is 43.0 Å². The predicted molar refractivity (Wildman–Crippen MR) is 70.3 cm³/mol. The molecule has 2 fully saturated rings. The van der Waals surface area contributed by atoms with Crippen molar-refractivity contribution in [3.63, 3.8) is 0 Å². The highest BCUT2D eigenvalue weighted by Gasteiger charge is 2.49. The van der Waals surface area contributed by atoms with E-state index in [0.717, 1.165) is 0 Å². The zero-order valence-electron chi connectivity index (χ0n) is 10.2. The maximum Gasteiger partial charge on any atom is 0.322 e. The van der Waals surface area contributed by atoms with Gasteiger partial charge in [0.05, 0.1) is 34.2 Å². The molecule has 106 valence electrons. The van der Waals surface area contributed by atoms with Crippen LogP contribution in [0, 0.1) is 10.1 Å². The lowest BCUT2D eigenvalue weighted by Crippen LogP contribution is -2.36. The van der Waals surface area contributed by atoms with E-state index in [1.807, 2.05) is 0 Å². The highest BCUT2D eigenvalue weighted by Crippen LogP contribution is 2.31. The van der Waals surface area contributed by atoms with Crippen LogP contribution in [0.5, 0.6) is 0 Å². The molecule has 2 aliphatic rings. The molecular weight excluding hydrogens is 286 g/mol. The fourth-order valence-corrected chi connectivity index (χ4v) is 4.56. The Labute approximate surface area is 114 Å². The SMILES string of the molecule is O=C1N[C@@H]2CS(=O)(=O)C[C@H]2N1c1cccc([N+](=O)[O-])c1. The van der Waals surface area contributed by atoms with Crippen LogP contribution in [0.15, 0.2) is 24.3 Å². The molecule has 9 heteroatoms. The van der Waals surface area contributed by atoms with Crippen molar-refractivity contribution < 1.29 is 18.1 Å². The highest BCUT2D eigenvalue weighted by molar-refractivity contribution is 7.91. The van der Waals surface area contributed by atoms with E-state index >= 15 is 0 Å². The van der Waals surface area contributed by atoms with Crippen molar-refractivity contribution in [2.75, 3.05) is 16.4 Å². The predicted octanol–water partition coefficient (Wildman–Crippen LogP) is 0.290. The number of non-ortho nitro benzene ring substituents is 1. The van der Waals surface area contributed by atoms with Crippen molar-refractivity contribution in [1.29, 1.82) is 0 Å². The van der Waals surface area contributed by atoms with E-state index in [1.165, 1.54) is 23.1 Å². The number of urea groups is 1. The number of rotatable bonds is 2. The average molecular weight is 297 g/mol. The molecule has 0 aromatic heterocycles. The molecule has 0 bridgehead atoms. The van der Waals surface area contributed by atoms with Gasteiger partial charge in [0.2, 0.25) is 0 Å². The standard InChI is InChI=1S/C11H11N3O5S/c15-11-12-9-5-20(18,19)6-10(9)13(11)7-2-1-3-8(4-7)14(16)17/h1-4,9-10H,5-6H2,(H,12,15)/t9-,10-/m1/s1. The zero-order valence-corrected chi connectivity index (χ0v) is 11.0. The third kappa shape index (κ3) is 1.99. The summed E-state index contributed by atoms with van der Waals surface area (Å²) in [5.41, 5.74) is 0.195. The van der Waals surface area contributed by atoms with Gasteiger partial charge < -0.3 is 5.32 Å². The molecule has 1 N–H and O–H groups in total. The molecule has 0 aliphatic carbocycles. The number of hydrogen-bond acceptors (Lipinski definition) is 5.